The average Bonchev–Trinajstić information content (AvgIpc) is 2.86. The molecular formula is C11H7N3O4S. The minimum absolute atomic E-state index is 0.00860. The Bertz CT molecular complexity index is 648. The molecule has 2 rings (SSSR count). The van der Waals surface area contributed by atoms with Crippen molar-refractivity contribution in [2.45, 2.75) is 0 Å². The zero-order valence-electron chi connectivity index (χ0n) is 9.42. The van der Waals surface area contributed by atoms with Crippen LogP contribution in [0.5, 0.6) is 0 Å². The molecule has 1 aromatic carbocycles. The third-order valence-electron chi connectivity index (χ3n) is 2.19. The molecule has 96 valence electrons. The number of hydrogen-bond donors (Lipinski definition) is 0. The molecule has 2 aromatic rings. The summed E-state index contributed by atoms with van der Waals surface area (Å²) in [6.07, 6.45) is 1.48. The van der Waals surface area contributed by atoms with Crippen LogP contribution >= 0.6 is 11.3 Å². The molecule has 0 unspecified atom stereocenters. The maximum Gasteiger partial charge on any atom is 0.324 e. The van der Waals surface area contributed by atoms with E-state index in [1.165, 1.54) is 36.5 Å². The van der Waals surface area contributed by atoms with E-state index in [-0.39, 0.29) is 10.7 Å². The maximum atomic E-state index is 10.5. The van der Waals surface area contributed by atoms with Gasteiger partial charge in [-0.15, -0.1) is 0 Å². The lowest BCUT2D eigenvalue weighted by molar-refractivity contribution is -0.384. The molecule has 0 spiro atoms. The molecule has 0 bridgehead atoms. The number of hydrogen-bond acceptors (Lipinski definition) is 6. The Hall–Kier alpha value is -2.61. The van der Waals surface area contributed by atoms with Crippen LogP contribution in [0.3, 0.4) is 0 Å². The summed E-state index contributed by atoms with van der Waals surface area (Å²) in [5, 5.41) is 21.0. The second-order valence-corrected chi connectivity index (χ2v) is 4.56. The van der Waals surface area contributed by atoms with Crippen molar-refractivity contribution in [2.24, 2.45) is 4.99 Å². The van der Waals surface area contributed by atoms with Gasteiger partial charge >= 0.3 is 5.00 Å². The first-order chi connectivity index (χ1) is 9.06. The second-order valence-electron chi connectivity index (χ2n) is 3.46. The van der Waals surface area contributed by atoms with E-state index in [4.69, 9.17) is 0 Å². The molecule has 1 heterocycles. The van der Waals surface area contributed by atoms with Gasteiger partial charge in [-0.2, -0.15) is 0 Å². The number of benzene rings is 1. The van der Waals surface area contributed by atoms with Gasteiger partial charge in [0.05, 0.1) is 20.4 Å². The van der Waals surface area contributed by atoms with E-state index in [0.29, 0.717) is 10.6 Å². The minimum atomic E-state index is -0.490. The third-order valence-corrected chi connectivity index (χ3v) is 3.17. The van der Waals surface area contributed by atoms with Crippen LogP contribution in [-0.4, -0.2) is 16.1 Å². The van der Waals surface area contributed by atoms with Gasteiger partial charge in [0.2, 0.25) is 0 Å². The van der Waals surface area contributed by atoms with Crippen LogP contribution in [0.15, 0.2) is 41.4 Å². The SMILES string of the molecule is O=[N+]([O-])c1ccc(N=Cc2ccc([N+](=O)[O-])s2)cc1. The van der Waals surface area contributed by atoms with Gasteiger partial charge in [0.1, 0.15) is 0 Å². The minimum Gasteiger partial charge on any atom is -0.258 e. The quantitative estimate of drug-likeness (QED) is 0.486. The summed E-state index contributed by atoms with van der Waals surface area (Å²) >= 11 is 1.01. The van der Waals surface area contributed by atoms with Crippen LogP contribution < -0.4 is 0 Å². The molecule has 0 saturated heterocycles. The highest BCUT2D eigenvalue weighted by molar-refractivity contribution is 7.16. The van der Waals surface area contributed by atoms with Crippen molar-refractivity contribution in [3.8, 4) is 0 Å². The molecule has 0 atom stereocenters. The number of non-ortho nitro benzene ring substituents is 1. The Kier molecular flexibility index (Phi) is 3.62. The lowest BCUT2D eigenvalue weighted by Crippen LogP contribution is -1.85. The molecule has 1 aromatic heterocycles. The lowest BCUT2D eigenvalue weighted by Gasteiger charge is -1.92. The molecule has 0 aliphatic carbocycles. The normalized spacial score (nSPS) is 10.7. The van der Waals surface area contributed by atoms with Gasteiger partial charge < -0.3 is 0 Å². The number of nitro groups is 2. The van der Waals surface area contributed by atoms with Gasteiger partial charge in [0.25, 0.3) is 5.69 Å². The van der Waals surface area contributed by atoms with Crippen LogP contribution in [0.4, 0.5) is 16.4 Å². The van der Waals surface area contributed by atoms with Crippen molar-refractivity contribution >= 4 is 33.9 Å². The Morgan fingerprint density at radius 2 is 1.68 bits per heavy atom. The summed E-state index contributed by atoms with van der Waals surface area (Å²) in [5.41, 5.74) is 0.535. The summed E-state index contributed by atoms with van der Waals surface area (Å²) in [6.45, 7) is 0. The Morgan fingerprint density at radius 1 is 1.00 bits per heavy atom. The number of aliphatic imine (C=N–C) groups is 1. The zero-order chi connectivity index (χ0) is 13.8. The molecule has 8 heteroatoms. The first-order valence-electron chi connectivity index (χ1n) is 5.09. The summed E-state index contributed by atoms with van der Waals surface area (Å²) in [7, 11) is 0. The van der Waals surface area contributed by atoms with Crippen molar-refractivity contribution in [1.82, 2.24) is 0 Å². The van der Waals surface area contributed by atoms with Crippen molar-refractivity contribution < 1.29 is 9.85 Å². The van der Waals surface area contributed by atoms with Crippen LogP contribution in [0.1, 0.15) is 4.88 Å². The summed E-state index contributed by atoms with van der Waals surface area (Å²) in [4.78, 5) is 24.7. The smallest absolute Gasteiger partial charge is 0.258 e. The fraction of sp³-hybridized carbons (Fsp3) is 0. The fourth-order valence-corrected chi connectivity index (χ4v) is 2.00. The van der Waals surface area contributed by atoms with Crippen molar-refractivity contribution in [3.05, 3.63) is 61.5 Å². The summed E-state index contributed by atoms with van der Waals surface area (Å²) in [6, 6.07) is 8.72. The molecular weight excluding hydrogens is 270 g/mol. The van der Waals surface area contributed by atoms with Gasteiger partial charge in [-0.25, -0.2) is 0 Å². The lowest BCUT2D eigenvalue weighted by atomic mass is 10.3. The number of nitro benzene ring substituents is 1. The topological polar surface area (TPSA) is 98.6 Å². The number of rotatable bonds is 4. The largest absolute Gasteiger partial charge is 0.324 e. The van der Waals surface area contributed by atoms with Crippen LogP contribution in [-0.2, 0) is 0 Å². The van der Waals surface area contributed by atoms with E-state index >= 15 is 0 Å². The first-order valence-corrected chi connectivity index (χ1v) is 5.90. The van der Waals surface area contributed by atoms with Gasteiger partial charge in [-0.3, -0.25) is 25.2 Å². The highest BCUT2D eigenvalue weighted by Gasteiger charge is 2.08. The Morgan fingerprint density at radius 3 is 2.21 bits per heavy atom. The standard InChI is InChI=1S/C11H7N3O4S/c15-13(16)9-3-1-8(2-4-9)12-7-10-5-6-11(19-10)14(17)18/h1-7H. The van der Waals surface area contributed by atoms with E-state index in [1.54, 1.807) is 6.07 Å². The van der Waals surface area contributed by atoms with E-state index in [9.17, 15) is 20.2 Å². The second kappa shape index (κ2) is 5.36. The van der Waals surface area contributed by atoms with Gasteiger partial charge in [-0.05, 0) is 18.2 Å². The van der Waals surface area contributed by atoms with E-state index in [0.717, 1.165) is 11.3 Å². The van der Waals surface area contributed by atoms with Gasteiger partial charge in [0.15, 0.2) is 0 Å². The monoisotopic (exact) mass is 277 g/mol. The third kappa shape index (κ3) is 3.19. The van der Waals surface area contributed by atoms with Gasteiger partial charge in [-0.1, -0.05) is 11.3 Å². The van der Waals surface area contributed by atoms with Gasteiger partial charge in [0, 0.05) is 24.4 Å². The van der Waals surface area contributed by atoms with Crippen molar-refractivity contribution in [2.75, 3.05) is 0 Å². The van der Waals surface area contributed by atoms with Crippen LogP contribution in [0, 0.1) is 20.2 Å². The van der Waals surface area contributed by atoms with E-state index in [2.05, 4.69) is 4.99 Å². The molecule has 0 amide bonds. The Labute approximate surface area is 111 Å². The Balaban J connectivity index is 2.13. The molecule has 0 fully saturated rings. The van der Waals surface area contributed by atoms with Crippen LogP contribution in [0.25, 0.3) is 0 Å². The highest BCUT2D eigenvalue weighted by atomic mass is 32.1. The summed E-state index contributed by atoms with van der Waals surface area (Å²) < 4.78 is 0. The highest BCUT2D eigenvalue weighted by Crippen LogP contribution is 2.23. The predicted octanol–water partition coefficient (Wildman–Crippen LogP) is 3.32. The number of nitrogens with zero attached hydrogens (tertiary/aromatic N) is 3. The molecule has 0 aliphatic rings. The van der Waals surface area contributed by atoms with Crippen molar-refractivity contribution in [3.63, 3.8) is 0 Å². The van der Waals surface area contributed by atoms with Crippen molar-refractivity contribution in [1.29, 1.82) is 0 Å². The zero-order valence-corrected chi connectivity index (χ0v) is 10.2. The average molecular weight is 277 g/mol. The molecule has 7 nitrogen and oxygen atoms in total. The first kappa shape index (κ1) is 12.8. The molecule has 0 N–H and O–H groups in total. The maximum absolute atomic E-state index is 10.5. The molecule has 0 radical (unpaired) electrons. The molecule has 19 heavy (non-hydrogen) atoms. The van der Waals surface area contributed by atoms with Crippen LogP contribution in [0.2, 0.25) is 0 Å². The predicted molar refractivity (Wildman–Crippen MR) is 71.3 cm³/mol. The van der Waals surface area contributed by atoms with E-state index in [1.807, 2.05) is 0 Å². The fourth-order valence-electron chi connectivity index (χ4n) is 1.31. The van der Waals surface area contributed by atoms with E-state index < -0.39 is 9.85 Å². The molecule has 0 saturated carbocycles. The number of thiophene rings is 1. The summed E-state index contributed by atoms with van der Waals surface area (Å²) in [5.74, 6) is 0. The molecule has 0 aliphatic heterocycles.